The van der Waals surface area contributed by atoms with Crippen molar-refractivity contribution in [3.63, 3.8) is 0 Å². The minimum absolute atomic E-state index is 0.00849. The average Bonchev–Trinajstić information content (AvgIpc) is 2.15. The molecular formula is C9H14N4O3S. The number of nitrogens with one attached hydrogen (secondary N) is 1. The molecule has 94 valence electrons. The third-order valence-corrected chi connectivity index (χ3v) is 3.11. The van der Waals surface area contributed by atoms with Gasteiger partial charge in [-0.05, 0) is 25.1 Å². The molecule has 0 bridgehead atoms. The van der Waals surface area contributed by atoms with E-state index >= 15 is 0 Å². The number of nitrogen functional groups attached to an aromatic ring is 1. The molecule has 0 aromatic heterocycles. The third kappa shape index (κ3) is 3.33. The summed E-state index contributed by atoms with van der Waals surface area (Å²) in [5.41, 5.74) is 11.1. The lowest BCUT2D eigenvalue weighted by molar-refractivity contribution is -0.118. The number of amides is 1. The van der Waals surface area contributed by atoms with Gasteiger partial charge in [0.05, 0.1) is 5.69 Å². The van der Waals surface area contributed by atoms with Crippen molar-refractivity contribution in [2.45, 2.75) is 17.9 Å². The minimum Gasteiger partial charge on any atom is -0.398 e. The van der Waals surface area contributed by atoms with Crippen LogP contribution in [0.15, 0.2) is 23.1 Å². The summed E-state index contributed by atoms with van der Waals surface area (Å²) in [5.74, 6) is -0.529. The quantitative estimate of drug-likeness (QED) is 0.523. The lowest BCUT2D eigenvalue weighted by Gasteiger charge is -2.13. The van der Waals surface area contributed by atoms with Crippen LogP contribution in [0.2, 0.25) is 0 Å². The largest absolute Gasteiger partial charge is 0.398 e. The van der Waals surface area contributed by atoms with Crippen molar-refractivity contribution < 1.29 is 13.2 Å². The van der Waals surface area contributed by atoms with Crippen LogP contribution in [0.25, 0.3) is 0 Å². The van der Waals surface area contributed by atoms with Gasteiger partial charge in [-0.1, -0.05) is 0 Å². The monoisotopic (exact) mass is 258 g/mol. The third-order valence-electron chi connectivity index (χ3n) is 2.13. The molecule has 1 rings (SSSR count). The first kappa shape index (κ1) is 13.3. The topological polar surface area (TPSA) is 141 Å². The molecule has 0 aliphatic heterocycles. The van der Waals surface area contributed by atoms with Crippen molar-refractivity contribution >= 4 is 27.3 Å². The second-order valence-corrected chi connectivity index (χ2v) is 5.10. The van der Waals surface area contributed by atoms with E-state index in [0.29, 0.717) is 5.69 Å². The molecule has 0 saturated heterocycles. The molecule has 0 fully saturated rings. The number of primary amides is 1. The average molecular weight is 258 g/mol. The molecule has 0 spiro atoms. The second-order valence-electron chi connectivity index (χ2n) is 3.57. The first-order chi connectivity index (χ1) is 7.71. The van der Waals surface area contributed by atoms with Crippen LogP contribution in [0.4, 0.5) is 11.4 Å². The molecule has 0 aliphatic rings. The number of primary sulfonamides is 1. The highest BCUT2D eigenvalue weighted by Crippen LogP contribution is 2.21. The van der Waals surface area contributed by atoms with E-state index in [2.05, 4.69) is 5.32 Å². The predicted octanol–water partition coefficient (Wildman–Crippen LogP) is -0.798. The summed E-state index contributed by atoms with van der Waals surface area (Å²) in [6.07, 6.45) is 0. The normalized spacial score (nSPS) is 13.1. The fourth-order valence-electron chi connectivity index (χ4n) is 1.22. The Kier molecular flexibility index (Phi) is 3.59. The van der Waals surface area contributed by atoms with Gasteiger partial charge in [-0.3, -0.25) is 4.79 Å². The van der Waals surface area contributed by atoms with Crippen LogP contribution in [-0.4, -0.2) is 20.4 Å². The van der Waals surface area contributed by atoms with Crippen LogP contribution in [-0.2, 0) is 14.8 Å². The van der Waals surface area contributed by atoms with Crippen molar-refractivity contribution in [2.75, 3.05) is 11.1 Å². The maximum absolute atomic E-state index is 11.1. The molecule has 7 nitrogen and oxygen atoms in total. The summed E-state index contributed by atoms with van der Waals surface area (Å²) < 4.78 is 22.2. The van der Waals surface area contributed by atoms with Crippen LogP contribution in [0.1, 0.15) is 6.92 Å². The first-order valence-corrected chi connectivity index (χ1v) is 6.24. The molecule has 7 N–H and O–H groups in total. The van der Waals surface area contributed by atoms with E-state index in [4.69, 9.17) is 16.6 Å². The fourth-order valence-corrected chi connectivity index (χ4v) is 1.86. The number of sulfonamides is 1. The van der Waals surface area contributed by atoms with Crippen LogP contribution in [0.3, 0.4) is 0 Å². The van der Waals surface area contributed by atoms with Gasteiger partial charge in [0.1, 0.15) is 10.9 Å². The summed E-state index contributed by atoms with van der Waals surface area (Å²) in [6, 6.07) is 3.50. The highest BCUT2D eigenvalue weighted by molar-refractivity contribution is 7.89. The molecule has 1 aromatic carbocycles. The molecule has 0 aliphatic carbocycles. The van der Waals surface area contributed by atoms with Crippen molar-refractivity contribution in [3.05, 3.63) is 18.2 Å². The van der Waals surface area contributed by atoms with Crippen molar-refractivity contribution in [3.8, 4) is 0 Å². The fraction of sp³-hybridized carbons (Fsp3) is 0.222. The number of hydrogen-bond acceptors (Lipinski definition) is 5. The number of carbonyl (C=O) groups excluding carboxylic acids is 1. The molecule has 1 aromatic rings. The van der Waals surface area contributed by atoms with Crippen molar-refractivity contribution in [2.24, 2.45) is 10.9 Å². The van der Waals surface area contributed by atoms with E-state index in [-0.39, 0.29) is 10.6 Å². The number of nitrogens with two attached hydrogens (primary N) is 3. The van der Waals surface area contributed by atoms with E-state index in [1.807, 2.05) is 0 Å². The molecule has 0 radical (unpaired) electrons. The Balaban J connectivity index is 3.02. The van der Waals surface area contributed by atoms with Gasteiger partial charge >= 0.3 is 0 Å². The number of benzene rings is 1. The second kappa shape index (κ2) is 4.60. The van der Waals surface area contributed by atoms with Crippen LogP contribution in [0, 0.1) is 0 Å². The van der Waals surface area contributed by atoms with E-state index in [1.54, 1.807) is 6.92 Å². The van der Waals surface area contributed by atoms with Crippen LogP contribution in [0.5, 0.6) is 0 Å². The smallest absolute Gasteiger partial charge is 0.240 e. The van der Waals surface area contributed by atoms with E-state index in [0.717, 1.165) is 0 Å². The molecule has 1 atom stereocenters. The number of hydrogen-bond donors (Lipinski definition) is 4. The van der Waals surface area contributed by atoms with E-state index < -0.39 is 22.0 Å². The summed E-state index contributed by atoms with van der Waals surface area (Å²) in [6.45, 7) is 1.58. The molecular weight excluding hydrogens is 244 g/mol. The molecule has 17 heavy (non-hydrogen) atoms. The summed E-state index contributed by atoms with van der Waals surface area (Å²) in [7, 11) is -3.84. The zero-order valence-corrected chi connectivity index (χ0v) is 9.99. The van der Waals surface area contributed by atoms with Gasteiger partial charge in [0.25, 0.3) is 0 Å². The van der Waals surface area contributed by atoms with Gasteiger partial charge in [-0.2, -0.15) is 0 Å². The van der Waals surface area contributed by atoms with E-state index in [9.17, 15) is 13.2 Å². The Bertz CT molecular complexity index is 541. The number of anilines is 2. The van der Waals surface area contributed by atoms with Crippen LogP contribution < -0.4 is 21.9 Å². The highest BCUT2D eigenvalue weighted by atomic mass is 32.2. The lowest BCUT2D eigenvalue weighted by atomic mass is 10.2. The van der Waals surface area contributed by atoms with Gasteiger partial charge in [0.15, 0.2) is 0 Å². The van der Waals surface area contributed by atoms with Gasteiger partial charge in [0, 0.05) is 5.69 Å². The Morgan fingerprint density at radius 2 is 2.00 bits per heavy atom. The molecule has 8 heteroatoms. The van der Waals surface area contributed by atoms with Crippen LogP contribution >= 0.6 is 0 Å². The van der Waals surface area contributed by atoms with Gasteiger partial charge in [0.2, 0.25) is 15.9 Å². The standard InChI is InChI=1S/C9H14N4O3S/c1-5(9(11)14)13-6-2-3-8(7(10)4-6)17(12,15)16/h2-5,13H,10H2,1H3,(H2,11,14)(H2,12,15,16). The molecule has 0 saturated carbocycles. The van der Waals surface area contributed by atoms with Crippen molar-refractivity contribution in [1.82, 2.24) is 0 Å². The Hall–Kier alpha value is -1.80. The maximum atomic E-state index is 11.1. The zero-order chi connectivity index (χ0) is 13.2. The Morgan fingerprint density at radius 3 is 2.41 bits per heavy atom. The van der Waals surface area contributed by atoms with Crippen molar-refractivity contribution in [1.29, 1.82) is 0 Å². The SMILES string of the molecule is CC(Nc1ccc(S(N)(=O)=O)c(N)c1)C(N)=O. The Labute approximate surface area is 99.0 Å². The van der Waals surface area contributed by atoms with E-state index in [1.165, 1.54) is 18.2 Å². The molecule has 0 heterocycles. The highest BCUT2D eigenvalue weighted by Gasteiger charge is 2.14. The summed E-state index contributed by atoms with van der Waals surface area (Å²) in [4.78, 5) is 10.7. The van der Waals surface area contributed by atoms with Gasteiger partial charge < -0.3 is 16.8 Å². The summed E-state index contributed by atoms with van der Waals surface area (Å²) in [5, 5.41) is 7.73. The number of rotatable bonds is 4. The van der Waals surface area contributed by atoms with Gasteiger partial charge in [-0.15, -0.1) is 0 Å². The first-order valence-electron chi connectivity index (χ1n) is 4.70. The lowest BCUT2D eigenvalue weighted by Crippen LogP contribution is -2.32. The molecule has 1 amide bonds. The predicted molar refractivity (Wildman–Crippen MR) is 64.5 cm³/mol. The van der Waals surface area contributed by atoms with Gasteiger partial charge in [-0.25, -0.2) is 13.6 Å². The maximum Gasteiger partial charge on any atom is 0.240 e. The zero-order valence-electron chi connectivity index (χ0n) is 9.17. The summed E-state index contributed by atoms with van der Waals surface area (Å²) >= 11 is 0. The minimum atomic E-state index is -3.84. The Morgan fingerprint density at radius 1 is 1.41 bits per heavy atom. The molecule has 1 unspecified atom stereocenters. The number of carbonyl (C=O) groups is 1.